The van der Waals surface area contributed by atoms with Gasteiger partial charge < -0.3 is 4.42 Å². The lowest BCUT2D eigenvalue weighted by Gasteiger charge is -2.17. The molecule has 1 aliphatic heterocycles. The quantitative estimate of drug-likeness (QED) is 0.767. The molecule has 7 nitrogen and oxygen atoms in total. The van der Waals surface area contributed by atoms with E-state index in [-0.39, 0.29) is 24.0 Å². The van der Waals surface area contributed by atoms with Crippen LogP contribution in [0.15, 0.2) is 35.1 Å². The number of aromatic nitrogens is 2. The van der Waals surface area contributed by atoms with Crippen molar-refractivity contribution in [3.05, 3.63) is 36.4 Å². The highest BCUT2D eigenvalue weighted by atomic mass is 35.7. The van der Waals surface area contributed by atoms with Crippen LogP contribution in [-0.4, -0.2) is 36.4 Å². The minimum Gasteiger partial charge on any atom is -0.467 e. The van der Waals surface area contributed by atoms with Crippen LogP contribution < -0.4 is 4.90 Å². The lowest BCUT2D eigenvalue weighted by atomic mass is 10.1. The number of carbonyl (C=O) groups is 1. The molecular weight excluding hydrogens is 330 g/mol. The molecule has 1 atom stereocenters. The predicted octanol–water partition coefficient (Wildman–Crippen LogP) is 1.45. The van der Waals surface area contributed by atoms with Crippen molar-refractivity contribution in [1.82, 2.24) is 9.78 Å². The van der Waals surface area contributed by atoms with E-state index in [9.17, 15) is 13.2 Å². The van der Waals surface area contributed by atoms with Crippen molar-refractivity contribution in [2.24, 2.45) is 5.92 Å². The molecule has 0 aliphatic carbocycles. The SMILES string of the molecule is O=C1CC(CS(=O)(=O)Cl)CN1c1ccnn1Cc1ccco1. The van der Waals surface area contributed by atoms with Crippen molar-refractivity contribution in [1.29, 1.82) is 0 Å². The molecule has 1 unspecified atom stereocenters. The normalized spacial score (nSPS) is 19.0. The van der Waals surface area contributed by atoms with Crippen LogP contribution in [0.4, 0.5) is 5.82 Å². The van der Waals surface area contributed by atoms with Crippen LogP contribution in [0.3, 0.4) is 0 Å². The maximum absolute atomic E-state index is 12.1. The Bertz CT molecular complexity index is 769. The highest BCUT2D eigenvalue weighted by Gasteiger charge is 2.34. The van der Waals surface area contributed by atoms with Gasteiger partial charge in [0.1, 0.15) is 18.1 Å². The molecule has 2 aromatic rings. The van der Waals surface area contributed by atoms with E-state index in [1.54, 1.807) is 34.2 Å². The van der Waals surface area contributed by atoms with Crippen LogP contribution in [-0.2, 0) is 20.4 Å². The maximum Gasteiger partial charge on any atom is 0.232 e. The maximum atomic E-state index is 12.1. The molecule has 1 amide bonds. The first-order valence-corrected chi connectivity index (χ1v) is 9.17. The van der Waals surface area contributed by atoms with Gasteiger partial charge in [-0.3, -0.25) is 9.69 Å². The standard InChI is InChI=1S/C13H14ClN3O4S/c14-22(19,20)9-10-6-13(18)16(7-10)12-3-4-15-17(12)8-11-2-1-5-21-11/h1-5,10H,6-9H2. The first kappa shape index (κ1) is 15.1. The Hall–Kier alpha value is -1.80. The molecule has 22 heavy (non-hydrogen) atoms. The summed E-state index contributed by atoms with van der Waals surface area (Å²) in [4.78, 5) is 13.7. The molecule has 0 spiro atoms. The third-order valence-corrected chi connectivity index (χ3v) is 4.74. The Morgan fingerprint density at radius 3 is 2.91 bits per heavy atom. The molecule has 0 saturated carbocycles. The zero-order valence-corrected chi connectivity index (χ0v) is 13.1. The molecular formula is C13H14ClN3O4S. The number of amides is 1. The Morgan fingerprint density at radius 1 is 1.41 bits per heavy atom. The molecule has 2 aromatic heterocycles. The van der Waals surface area contributed by atoms with E-state index in [4.69, 9.17) is 15.1 Å². The number of hydrogen-bond acceptors (Lipinski definition) is 5. The summed E-state index contributed by atoms with van der Waals surface area (Å²) in [6, 6.07) is 5.32. The fourth-order valence-electron chi connectivity index (χ4n) is 2.62. The number of rotatable bonds is 5. The van der Waals surface area contributed by atoms with Gasteiger partial charge in [0.2, 0.25) is 15.0 Å². The summed E-state index contributed by atoms with van der Waals surface area (Å²) in [5.41, 5.74) is 0. The van der Waals surface area contributed by atoms with Gasteiger partial charge in [-0.25, -0.2) is 13.1 Å². The minimum atomic E-state index is -3.62. The third kappa shape index (κ3) is 3.33. The second kappa shape index (κ2) is 5.77. The zero-order chi connectivity index (χ0) is 15.7. The number of anilines is 1. The van der Waals surface area contributed by atoms with Gasteiger partial charge in [-0.05, 0) is 12.1 Å². The van der Waals surface area contributed by atoms with E-state index in [1.807, 2.05) is 6.07 Å². The molecule has 118 valence electrons. The summed E-state index contributed by atoms with van der Waals surface area (Å²) in [5, 5.41) is 4.19. The van der Waals surface area contributed by atoms with Gasteiger partial charge in [0, 0.05) is 35.6 Å². The first-order valence-electron chi connectivity index (χ1n) is 6.69. The number of hydrogen-bond donors (Lipinski definition) is 0. The average molecular weight is 344 g/mol. The second-order valence-electron chi connectivity index (χ2n) is 5.21. The third-order valence-electron chi connectivity index (χ3n) is 3.50. The van der Waals surface area contributed by atoms with E-state index in [0.29, 0.717) is 18.9 Å². The van der Waals surface area contributed by atoms with Crippen LogP contribution in [0.2, 0.25) is 0 Å². The molecule has 3 rings (SSSR count). The number of nitrogens with zero attached hydrogens (tertiary/aromatic N) is 3. The molecule has 0 radical (unpaired) electrons. The van der Waals surface area contributed by atoms with Gasteiger partial charge in [0.25, 0.3) is 0 Å². The van der Waals surface area contributed by atoms with Gasteiger partial charge in [-0.15, -0.1) is 0 Å². The summed E-state index contributed by atoms with van der Waals surface area (Å²) in [6.07, 6.45) is 3.33. The lowest BCUT2D eigenvalue weighted by Crippen LogP contribution is -2.28. The predicted molar refractivity (Wildman–Crippen MR) is 80.1 cm³/mol. The van der Waals surface area contributed by atoms with Crippen molar-refractivity contribution >= 4 is 31.5 Å². The summed E-state index contributed by atoms with van der Waals surface area (Å²) in [6.45, 7) is 0.715. The van der Waals surface area contributed by atoms with Crippen molar-refractivity contribution < 1.29 is 17.6 Å². The van der Waals surface area contributed by atoms with Crippen molar-refractivity contribution in [2.45, 2.75) is 13.0 Å². The Morgan fingerprint density at radius 2 is 2.23 bits per heavy atom. The van der Waals surface area contributed by atoms with Gasteiger partial charge in [-0.2, -0.15) is 5.10 Å². The first-order chi connectivity index (χ1) is 10.4. The van der Waals surface area contributed by atoms with Crippen molar-refractivity contribution in [3.8, 4) is 0 Å². The smallest absolute Gasteiger partial charge is 0.232 e. The Kier molecular flexibility index (Phi) is 3.96. The molecule has 0 bridgehead atoms. The highest BCUT2D eigenvalue weighted by Crippen LogP contribution is 2.27. The van der Waals surface area contributed by atoms with E-state index in [1.165, 1.54) is 0 Å². The molecule has 0 aromatic carbocycles. The minimum absolute atomic E-state index is 0.133. The Balaban J connectivity index is 1.77. The molecule has 1 saturated heterocycles. The largest absolute Gasteiger partial charge is 0.467 e. The van der Waals surface area contributed by atoms with Gasteiger partial charge >= 0.3 is 0 Å². The second-order valence-corrected chi connectivity index (χ2v) is 8.03. The molecule has 1 fully saturated rings. The summed E-state index contributed by atoms with van der Waals surface area (Å²) in [7, 11) is 1.65. The molecule has 9 heteroatoms. The number of furan rings is 1. The van der Waals surface area contributed by atoms with E-state index in [2.05, 4.69) is 5.10 Å². The molecule has 3 heterocycles. The Labute approximate surface area is 131 Å². The van der Waals surface area contributed by atoms with Crippen LogP contribution in [0.5, 0.6) is 0 Å². The van der Waals surface area contributed by atoms with Gasteiger partial charge in [0.15, 0.2) is 0 Å². The van der Waals surface area contributed by atoms with E-state index >= 15 is 0 Å². The molecule has 0 N–H and O–H groups in total. The number of halogens is 1. The summed E-state index contributed by atoms with van der Waals surface area (Å²) in [5.74, 6) is 0.698. The average Bonchev–Trinajstić information content (AvgIpc) is 3.10. The topological polar surface area (TPSA) is 85.4 Å². The summed E-state index contributed by atoms with van der Waals surface area (Å²) < 4.78 is 29.3. The van der Waals surface area contributed by atoms with Crippen LogP contribution in [0.25, 0.3) is 0 Å². The van der Waals surface area contributed by atoms with Gasteiger partial charge in [-0.1, -0.05) is 0 Å². The summed E-state index contributed by atoms with van der Waals surface area (Å²) >= 11 is 0. The van der Waals surface area contributed by atoms with Crippen molar-refractivity contribution in [3.63, 3.8) is 0 Å². The van der Waals surface area contributed by atoms with Crippen LogP contribution in [0.1, 0.15) is 12.2 Å². The van der Waals surface area contributed by atoms with Crippen molar-refractivity contribution in [2.75, 3.05) is 17.2 Å². The lowest BCUT2D eigenvalue weighted by molar-refractivity contribution is -0.117. The fraction of sp³-hybridized carbons (Fsp3) is 0.385. The zero-order valence-electron chi connectivity index (χ0n) is 11.6. The van der Waals surface area contributed by atoms with E-state index in [0.717, 1.165) is 5.76 Å². The van der Waals surface area contributed by atoms with Crippen LogP contribution in [0, 0.1) is 5.92 Å². The van der Waals surface area contributed by atoms with E-state index < -0.39 is 9.05 Å². The van der Waals surface area contributed by atoms with Gasteiger partial charge in [0.05, 0.1) is 18.2 Å². The monoisotopic (exact) mass is 343 g/mol. The fourth-order valence-corrected chi connectivity index (χ4v) is 3.94. The highest BCUT2D eigenvalue weighted by molar-refractivity contribution is 8.13. The van der Waals surface area contributed by atoms with Crippen LogP contribution >= 0.6 is 10.7 Å². The molecule has 1 aliphatic rings. The number of carbonyl (C=O) groups excluding carboxylic acids is 1.